The van der Waals surface area contributed by atoms with Gasteiger partial charge in [-0.1, -0.05) is 18.2 Å². The van der Waals surface area contributed by atoms with Crippen LogP contribution in [0.4, 0.5) is 0 Å². The van der Waals surface area contributed by atoms with Gasteiger partial charge in [-0.3, -0.25) is 0 Å². The van der Waals surface area contributed by atoms with Gasteiger partial charge in [0.25, 0.3) is 0 Å². The fourth-order valence-corrected chi connectivity index (χ4v) is 2.53. The summed E-state index contributed by atoms with van der Waals surface area (Å²) in [5.41, 5.74) is 2.79. The fraction of sp³-hybridized carbons (Fsp3) is 0.111. The number of aromatic nitrogens is 4. The van der Waals surface area contributed by atoms with Crippen molar-refractivity contribution < 1.29 is 13.9 Å². The second-order valence-electron chi connectivity index (χ2n) is 5.43. The standard InChI is InChI=1S/C18H14N4O3/c1-12-15(16-19-8-5-9-22(16)21-12)18(23)25-11-14-10-24-17(20-14)13-6-3-2-4-7-13/h2-10H,11H2,1H3. The zero-order valence-electron chi connectivity index (χ0n) is 13.4. The predicted molar refractivity (Wildman–Crippen MR) is 88.8 cm³/mol. The molecule has 0 aliphatic rings. The summed E-state index contributed by atoms with van der Waals surface area (Å²) >= 11 is 0. The average molecular weight is 334 g/mol. The molecule has 124 valence electrons. The molecule has 0 saturated carbocycles. The smallest absolute Gasteiger partial charge is 0.344 e. The second kappa shape index (κ2) is 6.20. The van der Waals surface area contributed by atoms with Crippen LogP contribution >= 0.6 is 0 Å². The molecule has 0 aliphatic heterocycles. The first-order valence-corrected chi connectivity index (χ1v) is 7.69. The Hall–Kier alpha value is -3.48. The average Bonchev–Trinajstić information content (AvgIpc) is 3.24. The Labute approximate surface area is 142 Å². The minimum Gasteiger partial charge on any atom is -0.455 e. The second-order valence-corrected chi connectivity index (χ2v) is 5.43. The maximum absolute atomic E-state index is 12.4. The van der Waals surface area contributed by atoms with E-state index in [0.29, 0.717) is 28.5 Å². The Kier molecular flexibility index (Phi) is 3.74. The van der Waals surface area contributed by atoms with Crippen LogP contribution < -0.4 is 0 Å². The lowest BCUT2D eigenvalue weighted by molar-refractivity contribution is 0.0469. The molecule has 0 fully saturated rings. The summed E-state index contributed by atoms with van der Waals surface area (Å²) in [6, 6.07) is 11.3. The zero-order chi connectivity index (χ0) is 17.2. The number of rotatable bonds is 4. The Morgan fingerprint density at radius 2 is 2.08 bits per heavy atom. The normalized spacial score (nSPS) is 10.9. The van der Waals surface area contributed by atoms with Crippen molar-refractivity contribution in [2.45, 2.75) is 13.5 Å². The van der Waals surface area contributed by atoms with Gasteiger partial charge in [-0.15, -0.1) is 0 Å². The van der Waals surface area contributed by atoms with Gasteiger partial charge in [0.05, 0.1) is 5.69 Å². The van der Waals surface area contributed by atoms with Crippen LogP contribution in [-0.4, -0.2) is 25.6 Å². The number of benzene rings is 1. The van der Waals surface area contributed by atoms with Crippen molar-refractivity contribution in [2.24, 2.45) is 0 Å². The lowest BCUT2D eigenvalue weighted by Gasteiger charge is -2.01. The first kappa shape index (κ1) is 15.1. The van der Waals surface area contributed by atoms with Crippen LogP contribution in [0.25, 0.3) is 17.1 Å². The maximum Gasteiger partial charge on any atom is 0.344 e. The number of carbonyl (C=O) groups excluding carboxylic acids is 1. The van der Waals surface area contributed by atoms with Crippen LogP contribution in [0.2, 0.25) is 0 Å². The number of aryl methyl sites for hydroxylation is 1. The summed E-state index contributed by atoms with van der Waals surface area (Å²) in [5.74, 6) is -0.00376. The molecule has 0 aliphatic carbocycles. The van der Waals surface area contributed by atoms with Gasteiger partial charge in [0, 0.05) is 18.0 Å². The van der Waals surface area contributed by atoms with Gasteiger partial charge in [0.2, 0.25) is 5.89 Å². The molecule has 0 amide bonds. The van der Waals surface area contributed by atoms with Crippen LogP contribution in [0.1, 0.15) is 21.7 Å². The van der Waals surface area contributed by atoms with Crippen LogP contribution in [0, 0.1) is 6.92 Å². The highest BCUT2D eigenvalue weighted by molar-refractivity contribution is 5.97. The van der Waals surface area contributed by atoms with Gasteiger partial charge in [0.1, 0.15) is 24.1 Å². The third kappa shape index (κ3) is 2.87. The third-order valence-electron chi connectivity index (χ3n) is 3.70. The van der Waals surface area contributed by atoms with Crippen molar-refractivity contribution in [3.8, 4) is 11.5 Å². The monoisotopic (exact) mass is 334 g/mol. The molecule has 0 atom stereocenters. The van der Waals surface area contributed by atoms with E-state index in [1.165, 1.54) is 6.26 Å². The molecular formula is C18H14N4O3. The first-order valence-electron chi connectivity index (χ1n) is 7.69. The molecule has 0 bridgehead atoms. The van der Waals surface area contributed by atoms with Crippen molar-refractivity contribution in [3.05, 3.63) is 72.0 Å². The number of nitrogens with zero attached hydrogens (tertiary/aromatic N) is 4. The highest BCUT2D eigenvalue weighted by Gasteiger charge is 2.20. The van der Waals surface area contributed by atoms with Gasteiger partial charge in [-0.05, 0) is 25.1 Å². The van der Waals surface area contributed by atoms with Gasteiger partial charge < -0.3 is 9.15 Å². The van der Waals surface area contributed by atoms with E-state index in [-0.39, 0.29) is 6.61 Å². The molecule has 4 rings (SSSR count). The summed E-state index contributed by atoms with van der Waals surface area (Å²) in [6.07, 6.45) is 4.82. The number of esters is 1. The minimum atomic E-state index is -0.490. The summed E-state index contributed by atoms with van der Waals surface area (Å²) in [6.45, 7) is 1.76. The van der Waals surface area contributed by atoms with Crippen molar-refractivity contribution in [2.75, 3.05) is 0 Å². The van der Waals surface area contributed by atoms with E-state index < -0.39 is 5.97 Å². The Bertz CT molecular complexity index is 1040. The van der Waals surface area contributed by atoms with Crippen LogP contribution in [0.15, 0.2) is 59.5 Å². The molecule has 25 heavy (non-hydrogen) atoms. The SMILES string of the molecule is Cc1nn2cccnc2c1C(=O)OCc1coc(-c2ccccc2)n1. The van der Waals surface area contributed by atoms with E-state index >= 15 is 0 Å². The van der Waals surface area contributed by atoms with Gasteiger partial charge in [0.15, 0.2) is 5.65 Å². The lowest BCUT2D eigenvalue weighted by atomic mass is 10.2. The van der Waals surface area contributed by atoms with Gasteiger partial charge >= 0.3 is 5.97 Å². The third-order valence-corrected chi connectivity index (χ3v) is 3.70. The number of carbonyl (C=O) groups is 1. The highest BCUT2D eigenvalue weighted by atomic mass is 16.5. The quantitative estimate of drug-likeness (QED) is 0.534. The van der Waals surface area contributed by atoms with E-state index in [9.17, 15) is 4.79 Å². The minimum absolute atomic E-state index is 0.0127. The summed E-state index contributed by atoms with van der Waals surface area (Å²) in [4.78, 5) is 20.9. The number of fused-ring (bicyclic) bond motifs is 1. The molecule has 0 unspecified atom stereocenters. The molecule has 1 aromatic carbocycles. The summed E-state index contributed by atoms with van der Waals surface area (Å²) in [5, 5.41) is 4.25. The number of ether oxygens (including phenoxy) is 1. The molecule has 0 spiro atoms. The zero-order valence-corrected chi connectivity index (χ0v) is 13.4. The van der Waals surface area contributed by atoms with E-state index in [2.05, 4.69) is 15.1 Å². The van der Waals surface area contributed by atoms with E-state index in [4.69, 9.17) is 9.15 Å². The van der Waals surface area contributed by atoms with Crippen molar-refractivity contribution in [1.82, 2.24) is 19.6 Å². The number of hydrogen-bond donors (Lipinski definition) is 0. The Morgan fingerprint density at radius 1 is 1.24 bits per heavy atom. The van der Waals surface area contributed by atoms with Crippen LogP contribution in [-0.2, 0) is 11.3 Å². The number of hydrogen-bond acceptors (Lipinski definition) is 6. The van der Waals surface area contributed by atoms with Crippen molar-refractivity contribution in [1.29, 1.82) is 0 Å². The molecule has 7 heteroatoms. The first-order chi connectivity index (χ1) is 12.2. The van der Waals surface area contributed by atoms with Crippen molar-refractivity contribution >= 4 is 11.6 Å². The lowest BCUT2D eigenvalue weighted by Crippen LogP contribution is -2.07. The maximum atomic E-state index is 12.4. The molecule has 4 aromatic rings. The Morgan fingerprint density at radius 3 is 2.92 bits per heavy atom. The number of oxazole rings is 1. The molecule has 0 radical (unpaired) electrons. The Balaban J connectivity index is 1.51. The molecule has 0 saturated heterocycles. The van der Waals surface area contributed by atoms with E-state index in [1.54, 1.807) is 29.9 Å². The van der Waals surface area contributed by atoms with E-state index in [1.807, 2.05) is 30.3 Å². The predicted octanol–water partition coefficient (Wildman–Crippen LogP) is 3.05. The highest BCUT2D eigenvalue weighted by Crippen LogP contribution is 2.19. The van der Waals surface area contributed by atoms with Gasteiger partial charge in [-0.2, -0.15) is 5.10 Å². The van der Waals surface area contributed by atoms with Gasteiger partial charge in [-0.25, -0.2) is 19.3 Å². The summed E-state index contributed by atoms with van der Waals surface area (Å²) < 4.78 is 12.3. The molecule has 3 heterocycles. The van der Waals surface area contributed by atoms with E-state index in [0.717, 1.165) is 5.56 Å². The van der Waals surface area contributed by atoms with Crippen LogP contribution in [0.3, 0.4) is 0 Å². The van der Waals surface area contributed by atoms with Crippen molar-refractivity contribution in [3.63, 3.8) is 0 Å². The molecular weight excluding hydrogens is 320 g/mol. The fourth-order valence-electron chi connectivity index (χ4n) is 2.53. The molecule has 7 nitrogen and oxygen atoms in total. The molecule has 0 N–H and O–H groups in total. The molecule has 3 aromatic heterocycles. The van der Waals surface area contributed by atoms with Crippen LogP contribution in [0.5, 0.6) is 0 Å². The topological polar surface area (TPSA) is 82.5 Å². The summed E-state index contributed by atoms with van der Waals surface area (Å²) in [7, 11) is 0. The largest absolute Gasteiger partial charge is 0.455 e.